The van der Waals surface area contributed by atoms with Gasteiger partial charge in [-0.05, 0) is 36.2 Å². The lowest BCUT2D eigenvalue weighted by Crippen LogP contribution is -3.00. The zero-order valence-corrected chi connectivity index (χ0v) is 12.9. The van der Waals surface area contributed by atoms with Gasteiger partial charge in [0.25, 0.3) is 0 Å². The highest BCUT2D eigenvalue weighted by Crippen LogP contribution is 2.25. The van der Waals surface area contributed by atoms with Crippen molar-refractivity contribution in [1.29, 1.82) is 0 Å². The summed E-state index contributed by atoms with van der Waals surface area (Å²) in [5.41, 5.74) is 1.66. The molecule has 0 saturated carbocycles. The minimum atomic E-state index is -0.162. The van der Waals surface area contributed by atoms with Crippen molar-refractivity contribution in [2.45, 2.75) is 13.0 Å². The fourth-order valence-electron chi connectivity index (χ4n) is 1.83. The number of halogens is 4. The summed E-state index contributed by atoms with van der Waals surface area (Å²) >= 11 is 12.0. The first-order valence-corrected chi connectivity index (χ1v) is 6.81. The van der Waals surface area contributed by atoms with Gasteiger partial charge in [-0.25, -0.2) is 4.39 Å². The van der Waals surface area contributed by atoms with Crippen molar-refractivity contribution in [3.8, 4) is 0 Å². The van der Waals surface area contributed by atoms with Crippen LogP contribution in [0.4, 0.5) is 4.39 Å². The second kappa shape index (κ2) is 8.48. The molecule has 1 nitrogen and oxygen atoms in total. The molecule has 0 aromatic heterocycles. The van der Waals surface area contributed by atoms with Gasteiger partial charge in [-0.1, -0.05) is 53.5 Å². The number of nitrogens with one attached hydrogen (secondary N) is 1. The van der Waals surface area contributed by atoms with E-state index in [1.165, 1.54) is 6.07 Å². The fraction of sp³-hybridized carbons (Fsp3) is 0.200. The molecule has 0 bridgehead atoms. The standard InChI is InChI=1S/C15H14Cl2FN.ClH/c16-13-6-3-5-12(15(13)17)10-19-9-8-11-4-1-2-7-14(11)18;/h1-7,19H,8-10H2;1H/p-1. The lowest BCUT2D eigenvalue weighted by atomic mass is 10.1. The van der Waals surface area contributed by atoms with E-state index in [0.29, 0.717) is 35.1 Å². The minimum Gasteiger partial charge on any atom is -1.00 e. The quantitative estimate of drug-likeness (QED) is 0.817. The summed E-state index contributed by atoms with van der Waals surface area (Å²) in [6.45, 7) is 1.30. The van der Waals surface area contributed by atoms with E-state index in [1.54, 1.807) is 18.2 Å². The summed E-state index contributed by atoms with van der Waals surface area (Å²) in [6.07, 6.45) is 0.644. The predicted molar refractivity (Wildman–Crippen MR) is 78.3 cm³/mol. The zero-order valence-electron chi connectivity index (χ0n) is 10.7. The first-order valence-electron chi connectivity index (χ1n) is 6.05. The van der Waals surface area contributed by atoms with Crippen LogP contribution in [0.25, 0.3) is 0 Å². The second-order valence-corrected chi connectivity index (χ2v) is 5.02. The lowest BCUT2D eigenvalue weighted by Gasteiger charge is -2.08. The Bertz CT molecular complexity index is 561. The molecule has 0 aliphatic rings. The van der Waals surface area contributed by atoms with Crippen molar-refractivity contribution in [2.75, 3.05) is 6.54 Å². The van der Waals surface area contributed by atoms with E-state index in [2.05, 4.69) is 5.32 Å². The number of rotatable bonds is 5. The normalized spacial score (nSPS) is 10.2. The summed E-state index contributed by atoms with van der Waals surface area (Å²) in [4.78, 5) is 0. The summed E-state index contributed by atoms with van der Waals surface area (Å²) in [6, 6.07) is 12.3. The molecule has 0 heterocycles. The monoisotopic (exact) mass is 332 g/mol. The molecule has 0 radical (unpaired) electrons. The molecule has 0 fully saturated rings. The Hall–Kier alpha value is -0.800. The van der Waals surface area contributed by atoms with Gasteiger partial charge in [-0.3, -0.25) is 0 Å². The van der Waals surface area contributed by atoms with Crippen molar-refractivity contribution in [3.05, 3.63) is 69.5 Å². The van der Waals surface area contributed by atoms with Crippen LogP contribution >= 0.6 is 23.2 Å². The van der Waals surface area contributed by atoms with Gasteiger partial charge >= 0.3 is 0 Å². The predicted octanol–water partition coefficient (Wildman–Crippen LogP) is 1.47. The SMILES string of the molecule is Fc1ccccc1CCNCc1cccc(Cl)c1Cl.[Cl-]. The minimum absolute atomic E-state index is 0. The molecule has 20 heavy (non-hydrogen) atoms. The van der Waals surface area contributed by atoms with Gasteiger partial charge < -0.3 is 17.7 Å². The van der Waals surface area contributed by atoms with Crippen LogP contribution in [0.5, 0.6) is 0 Å². The molecule has 0 spiro atoms. The van der Waals surface area contributed by atoms with Gasteiger partial charge in [-0.2, -0.15) is 0 Å². The maximum atomic E-state index is 13.4. The first-order chi connectivity index (χ1) is 9.18. The molecule has 108 valence electrons. The highest BCUT2D eigenvalue weighted by molar-refractivity contribution is 6.42. The van der Waals surface area contributed by atoms with Crippen molar-refractivity contribution >= 4 is 23.2 Å². The van der Waals surface area contributed by atoms with Gasteiger partial charge in [0.2, 0.25) is 0 Å². The zero-order chi connectivity index (χ0) is 13.7. The van der Waals surface area contributed by atoms with E-state index < -0.39 is 0 Å². The van der Waals surface area contributed by atoms with Crippen LogP contribution in [-0.4, -0.2) is 6.54 Å². The molecule has 0 aliphatic heterocycles. The van der Waals surface area contributed by atoms with Crippen LogP contribution in [0.3, 0.4) is 0 Å². The van der Waals surface area contributed by atoms with Gasteiger partial charge in [0, 0.05) is 6.54 Å². The van der Waals surface area contributed by atoms with Crippen LogP contribution in [-0.2, 0) is 13.0 Å². The van der Waals surface area contributed by atoms with Crippen LogP contribution in [0.15, 0.2) is 42.5 Å². The Balaban J connectivity index is 0.00000200. The average Bonchev–Trinajstić information content (AvgIpc) is 2.41. The molecule has 0 unspecified atom stereocenters. The molecule has 2 rings (SSSR count). The van der Waals surface area contributed by atoms with Gasteiger partial charge in [-0.15, -0.1) is 0 Å². The Morgan fingerprint density at radius 2 is 1.65 bits per heavy atom. The van der Waals surface area contributed by atoms with Gasteiger partial charge in [0.15, 0.2) is 0 Å². The molecule has 1 N–H and O–H groups in total. The summed E-state index contributed by atoms with van der Waals surface area (Å²) in [5.74, 6) is -0.162. The molecule has 2 aromatic rings. The molecule has 2 aromatic carbocycles. The molecule has 0 atom stereocenters. The third-order valence-corrected chi connectivity index (χ3v) is 3.73. The Kier molecular flexibility index (Phi) is 7.31. The second-order valence-electron chi connectivity index (χ2n) is 4.23. The van der Waals surface area contributed by atoms with E-state index in [9.17, 15) is 4.39 Å². The number of hydrogen-bond donors (Lipinski definition) is 1. The van der Waals surface area contributed by atoms with Crippen LogP contribution in [0.1, 0.15) is 11.1 Å². The molecule has 5 heteroatoms. The topological polar surface area (TPSA) is 12.0 Å². The van der Waals surface area contributed by atoms with Crippen molar-refractivity contribution in [3.63, 3.8) is 0 Å². The van der Waals surface area contributed by atoms with Crippen LogP contribution < -0.4 is 17.7 Å². The molecule has 0 amide bonds. The third kappa shape index (κ3) is 4.64. The Morgan fingerprint density at radius 1 is 0.950 bits per heavy atom. The maximum absolute atomic E-state index is 13.4. The average molecular weight is 334 g/mol. The van der Waals surface area contributed by atoms with Crippen LogP contribution in [0, 0.1) is 5.82 Å². The van der Waals surface area contributed by atoms with Gasteiger partial charge in [0.05, 0.1) is 10.0 Å². The fourth-order valence-corrected chi connectivity index (χ4v) is 2.22. The summed E-state index contributed by atoms with van der Waals surface area (Å²) in [5, 5.41) is 4.36. The van der Waals surface area contributed by atoms with E-state index >= 15 is 0 Å². The van der Waals surface area contributed by atoms with Crippen molar-refractivity contribution < 1.29 is 16.8 Å². The lowest BCUT2D eigenvalue weighted by molar-refractivity contribution is -0.00000425. The van der Waals surface area contributed by atoms with Crippen molar-refractivity contribution in [1.82, 2.24) is 5.32 Å². The Labute approximate surface area is 134 Å². The van der Waals surface area contributed by atoms with E-state index in [1.807, 2.05) is 18.2 Å². The highest BCUT2D eigenvalue weighted by atomic mass is 35.5. The third-order valence-electron chi connectivity index (χ3n) is 2.88. The van der Waals surface area contributed by atoms with Crippen LogP contribution in [0.2, 0.25) is 10.0 Å². The van der Waals surface area contributed by atoms with E-state index in [0.717, 1.165) is 5.56 Å². The number of benzene rings is 2. The van der Waals surface area contributed by atoms with E-state index in [4.69, 9.17) is 23.2 Å². The molecule has 0 aliphatic carbocycles. The Morgan fingerprint density at radius 3 is 2.40 bits per heavy atom. The summed E-state index contributed by atoms with van der Waals surface area (Å²) in [7, 11) is 0. The largest absolute Gasteiger partial charge is 1.00 e. The molecular formula is C15H14Cl3FN-. The molecular weight excluding hydrogens is 320 g/mol. The van der Waals surface area contributed by atoms with Crippen molar-refractivity contribution in [2.24, 2.45) is 0 Å². The smallest absolute Gasteiger partial charge is 0.126 e. The maximum Gasteiger partial charge on any atom is 0.126 e. The highest BCUT2D eigenvalue weighted by Gasteiger charge is 2.04. The number of hydrogen-bond acceptors (Lipinski definition) is 1. The van der Waals surface area contributed by atoms with E-state index in [-0.39, 0.29) is 18.2 Å². The molecule has 0 saturated heterocycles. The van der Waals surface area contributed by atoms with Gasteiger partial charge in [0.1, 0.15) is 5.82 Å². The first kappa shape index (κ1) is 17.3. The summed E-state index contributed by atoms with van der Waals surface area (Å²) < 4.78 is 13.4.